The second-order valence-corrected chi connectivity index (χ2v) is 3.82. The summed E-state index contributed by atoms with van der Waals surface area (Å²) in [5, 5.41) is 0. The van der Waals surface area contributed by atoms with E-state index in [0.29, 0.717) is 0 Å². The number of benzene rings is 1. The van der Waals surface area contributed by atoms with Gasteiger partial charge in [0.05, 0.1) is 0 Å². The molecule has 0 bridgehead atoms. The normalized spacial score (nSPS) is 10.3. The minimum absolute atomic E-state index is 0.0736. The molecule has 0 aliphatic carbocycles. The van der Waals surface area contributed by atoms with Crippen LogP contribution in [0.25, 0.3) is 0 Å². The predicted octanol–water partition coefficient (Wildman–Crippen LogP) is 1.86. The molecule has 0 saturated carbocycles. The summed E-state index contributed by atoms with van der Waals surface area (Å²) in [5.41, 5.74) is 1.95. The molecule has 2 aromatic rings. The van der Waals surface area contributed by atoms with Crippen LogP contribution in [0.5, 0.6) is 0 Å². The SMILES string of the molecule is Cc1cc(=O)[nH]c(CCc2ccccc2)n1. The van der Waals surface area contributed by atoms with E-state index in [4.69, 9.17) is 0 Å². The first-order valence-electron chi connectivity index (χ1n) is 5.35. The molecule has 0 atom stereocenters. The van der Waals surface area contributed by atoms with Crippen molar-refractivity contribution in [1.82, 2.24) is 9.97 Å². The molecule has 0 aliphatic heterocycles. The zero-order valence-corrected chi connectivity index (χ0v) is 9.23. The van der Waals surface area contributed by atoms with Crippen LogP contribution in [0.3, 0.4) is 0 Å². The van der Waals surface area contributed by atoms with E-state index in [1.165, 1.54) is 11.6 Å². The molecular formula is C13H14N2O. The molecule has 0 saturated heterocycles. The van der Waals surface area contributed by atoms with E-state index in [1.54, 1.807) is 0 Å². The van der Waals surface area contributed by atoms with Gasteiger partial charge in [0.2, 0.25) is 0 Å². The van der Waals surface area contributed by atoms with Crippen LogP contribution in [0.1, 0.15) is 17.1 Å². The molecular weight excluding hydrogens is 200 g/mol. The van der Waals surface area contributed by atoms with Gasteiger partial charge in [-0.05, 0) is 18.9 Å². The third kappa shape index (κ3) is 2.79. The van der Waals surface area contributed by atoms with Gasteiger partial charge in [0.1, 0.15) is 5.82 Å². The fourth-order valence-corrected chi connectivity index (χ4v) is 1.67. The Balaban J connectivity index is 2.08. The van der Waals surface area contributed by atoms with E-state index in [9.17, 15) is 4.79 Å². The molecule has 16 heavy (non-hydrogen) atoms. The number of hydrogen-bond donors (Lipinski definition) is 1. The van der Waals surface area contributed by atoms with Crippen LogP contribution < -0.4 is 5.56 Å². The van der Waals surface area contributed by atoms with Crippen molar-refractivity contribution in [1.29, 1.82) is 0 Å². The molecule has 0 amide bonds. The van der Waals surface area contributed by atoms with Crippen LogP contribution in [-0.2, 0) is 12.8 Å². The molecule has 0 unspecified atom stereocenters. The molecule has 0 spiro atoms. The summed E-state index contributed by atoms with van der Waals surface area (Å²) in [6, 6.07) is 11.7. The van der Waals surface area contributed by atoms with Crippen LogP contribution in [-0.4, -0.2) is 9.97 Å². The number of hydrogen-bond acceptors (Lipinski definition) is 2. The van der Waals surface area contributed by atoms with E-state index >= 15 is 0 Å². The Morgan fingerprint density at radius 3 is 2.62 bits per heavy atom. The van der Waals surface area contributed by atoms with E-state index in [2.05, 4.69) is 22.1 Å². The van der Waals surface area contributed by atoms with Crippen molar-refractivity contribution in [3.8, 4) is 0 Å². The van der Waals surface area contributed by atoms with Crippen LogP contribution in [0, 0.1) is 6.92 Å². The lowest BCUT2D eigenvalue weighted by Crippen LogP contribution is -2.11. The van der Waals surface area contributed by atoms with Crippen molar-refractivity contribution in [3.05, 3.63) is 63.8 Å². The van der Waals surface area contributed by atoms with Gasteiger partial charge in [0.25, 0.3) is 5.56 Å². The summed E-state index contributed by atoms with van der Waals surface area (Å²) in [7, 11) is 0. The lowest BCUT2D eigenvalue weighted by molar-refractivity contribution is 0.835. The summed E-state index contributed by atoms with van der Waals surface area (Å²) < 4.78 is 0. The van der Waals surface area contributed by atoms with Gasteiger partial charge in [0.15, 0.2) is 0 Å². The molecule has 82 valence electrons. The number of H-pyrrole nitrogens is 1. The molecule has 1 N–H and O–H groups in total. The van der Waals surface area contributed by atoms with Crippen molar-refractivity contribution < 1.29 is 0 Å². The van der Waals surface area contributed by atoms with Crippen LogP contribution in [0.2, 0.25) is 0 Å². The zero-order valence-electron chi connectivity index (χ0n) is 9.23. The van der Waals surface area contributed by atoms with Gasteiger partial charge < -0.3 is 4.98 Å². The Morgan fingerprint density at radius 1 is 1.19 bits per heavy atom. The third-order valence-corrected chi connectivity index (χ3v) is 2.41. The van der Waals surface area contributed by atoms with Gasteiger partial charge in [-0.1, -0.05) is 30.3 Å². The predicted molar refractivity (Wildman–Crippen MR) is 63.4 cm³/mol. The topological polar surface area (TPSA) is 45.8 Å². The standard InChI is InChI=1S/C13H14N2O/c1-10-9-13(16)15-12(14-10)8-7-11-5-3-2-4-6-11/h2-6,9H,7-8H2,1H3,(H,14,15,16). The number of nitrogens with zero attached hydrogens (tertiary/aromatic N) is 1. The second kappa shape index (κ2) is 4.75. The summed E-state index contributed by atoms with van der Waals surface area (Å²) >= 11 is 0. The number of aromatic nitrogens is 2. The minimum atomic E-state index is -0.0736. The Bertz CT molecular complexity index is 517. The molecule has 0 radical (unpaired) electrons. The van der Waals surface area contributed by atoms with E-state index in [-0.39, 0.29) is 5.56 Å². The number of aromatic amines is 1. The Labute approximate surface area is 94.2 Å². The number of rotatable bonds is 3. The Hall–Kier alpha value is -1.90. The highest BCUT2D eigenvalue weighted by molar-refractivity contribution is 5.15. The molecule has 0 aliphatic rings. The molecule has 1 aromatic carbocycles. The molecule has 1 heterocycles. The van der Waals surface area contributed by atoms with E-state index < -0.39 is 0 Å². The van der Waals surface area contributed by atoms with Gasteiger partial charge in [-0.15, -0.1) is 0 Å². The molecule has 2 rings (SSSR count). The van der Waals surface area contributed by atoms with Crippen molar-refractivity contribution in [3.63, 3.8) is 0 Å². The molecule has 3 nitrogen and oxygen atoms in total. The van der Waals surface area contributed by atoms with Gasteiger partial charge in [-0.2, -0.15) is 0 Å². The van der Waals surface area contributed by atoms with Crippen molar-refractivity contribution in [2.45, 2.75) is 19.8 Å². The fraction of sp³-hybridized carbons (Fsp3) is 0.231. The lowest BCUT2D eigenvalue weighted by Gasteiger charge is -2.02. The number of aryl methyl sites for hydroxylation is 3. The van der Waals surface area contributed by atoms with Crippen LogP contribution >= 0.6 is 0 Å². The van der Waals surface area contributed by atoms with Crippen LogP contribution in [0.15, 0.2) is 41.2 Å². The quantitative estimate of drug-likeness (QED) is 0.847. The lowest BCUT2D eigenvalue weighted by atomic mass is 10.1. The highest BCUT2D eigenvalue weighted by atomic mass is 16.1. The van der Waals surface area contributed by atoms with Crippen molar-refractivity contribution in [2.24, 2.45) is 0 Å². The fourth-order valence-electron chi connectivity index (χ4n) is 1.67. The summed E-state index contributed by atoms with van der Waals surface area (Å²) in [6.45, 7) is 1.83. The first-order valence-corrected chi connectivity index (χ1v) is 5.35. The van der Waals surface area contributed by atoms with Gasteiger partial charge >= 0.3 is 0 Å². The Kier molecular flexibility index (Phi) is 3.15. The second-order valence-electron chi connectivity index (χ2n) is 3.82. The average Bonchev–Trinajstić information content (AvgIpc) is 2.27. The molecule has 1 aromatic heterocycles. The van der Waals surface area contributed by atoms with Gasteiger partial charge in [-0.3, -0.25) is 4.79 Å². The smallest absolute Gasteiger partial charge is 0.251 e. The van der Waals surface area contributed by atoms with Crippen LogP contribution in [0.4, 0.5) is 0 Å². The Morgan fingerprint density at radius 2 is 1.94 bits per heavy atom. The maximum absolute atomic E-state index is 11.2. The van der Waals surface area contributed by atoms with Crippen molar-refractivity contribution >= 4 is 0 Å². The first kappa shape index (κ1) is 10.6. The summed E-state index contributed by atoms with van der Waals surface area (Å²) in [5.74, 6) is 0.758. The minimum Gasteiger partial charge on any atom is -0.311 e. The van der Waals surface area contributed by atoms with E-state index in [0.717, 1.165) is 24.4 Å². The highest BCUT2D eigenvalue weighted by Crippen LogP contribution is 2.03. The van der Waals surface area contributed by atoms with Crippen molar-refractivity contribution in [2.75, 3.05) is 0 Å². The largest absolute Gasteiger partial charge is 0.311 e. The monoisotopic (exact) mass is 214 g/mol. The average molecular weight is 214 g/mol. The van der Waals surface area contributed by atoms with Gasteiger partial charge in [0, 0.05) is 18.2 Å². The first-order chi connectivity index (χ1) is 7.74. The maximum Gasteiger partial charge on any atom is 0.251 e. The number of nitrogens with one attached hydrogen (secondary N) is 1. The molecule has 3 heteroatoms. The van der Waals surface area contributed by atoms with E-state index in [1.807, 2.05) is 25.1 Å². The molecule has 0 fully saturated rings. The maximum atomic E-state index is 11.2. The van der Waals surface area contributed by atoms with Gasteiger partial charge in [-0.25, -0.2) is 4.98 Å². The third-order valence-electron chi connectivity index (χ3n) is 2.41. The summed E-state index contributed by atoms with van der Waals surface area (Å²) in [4.78, 5) is 18.3. The zero-order chi connectivity index (χ0) is 11.4. The highest BCUT2D eigenvalue weighted by Gasteiger charge is 1.99. The summed E-state index contributed by atoms with van der Waals surface area (Å²) in [6.07, 6.45) is 1.66.